The molecule has 1 aromatic carbocycles. The molecule has 160 valence electrons. The van der Waals surface area contributed by atoms with E-state index in [4.69, 9.17) is 16.3 Å². The van der Waals surface area contributed by atoms with Crippen LogP contribution in [0.3, 0.4) is 0 Å². The predicted molar refractivity (Wildman–Crippen MR) is 125 cm³/mol. The summed E-state index contributed by atoms with van der Waals surface area (Å²) in [7, 11) is 1.55. The van der Waals surface area contributed by atoms with Crippen LogP contribution in [0.5, 0.6) is 5.75 Å². The fourth-order valence-corrected chi connectivity index (χ4v) is 5.02. The standard InChI is InChI=1S/C20H24ClN5O2S2/c1-4-8-26(9-5-2)20-25-18-17(30-20)19(23-12-22-18)29-11-16(27)24-14-10-13(21)6-7-15(14)28-3/h6-7,10,12H,4-5,8-9,11H2,1-3H3,(H,24,27). The highest BCUT2D eigenvalue weighted by atomic mass is 35.5. The van der Waals surface area contributed by atoms with Crippen molar-refractivity contribution < 1.29 is 9.53 Å². The third-order valence-electron chi connectivity index (χ3n) is 4.18. The molecule has 1 N–H and O–H groups in total. The highest BCUT2D eigenvalue weighted by molar-refractivity contribution is 8.00. The van der Waals surface area contributed by atoms with Gasteiger partial charge in [-0.1, -0.05) is 48.5 Å². The molecule has 0 bridgehead atoms. The first kappa shape index (κ1) is 22.6. The van der Waals surface area contributed by atoms with Gasteiger partial charge in [-0.05, 0) is 31.0 Å². The zero-order valence-electron chi connectivity index (χ0n) is 17.1. The van der Waals surface area contributed by atoms with Crippen LogP contribution in [0.1, 0.15) is 26.7 Å². The van der Waals surface area contributed by atoms with E-state index in [-0.39, 0.29) is 11.7 Å². The van der Waals surface area contributed by atoms with Crippen molar-refractivity contribution in [3.8, 4) is 5.75 Å². The number of anilines is 2. The lowest BCUT2D eigenvalue weighted by Crippen LogP contribution is -2.24. The number of hydrogen-bond donors (Lipinski definition) is 1. The van der Waals surface area contributed by atoms with Crippen LogP contribution in [0.15, 0.2) is 29.6 Å². The van der Waals surface area contributed by atoms with E-state index in [1.165, 1.54) is 18.1 Å². The predicted octanol–water partition coefficient (Wildman–Crippen LogP) is 5.11. The Balaban J connectivity index is 1.73. The van der Waals surface area contributed by atoms with Gasteiger partial charge < -0.3 is 15.0 Å². The number of rotatable bonds is 10. The van der Waals surface area contributed by atoms with Crippen molar-refractivity contribution in [2.45, 2.75) is 31.7 Å². The van der Waals surface area contributed by atoms with Gasteiger partial charge in [-0.15, -0.1) is 0 Å². The second kappa shape index (κ2) is 10.8. The second-order valence-corrected chi connectivity index (χ2v) is 8.87. The lowest BCUT2D eigenvalue weighted by atomic mass is 10.3. The molecule has 3 rings (SSSR count). The number of benzene rings is 1. The van der Waals surface area contributed by atoms with Gasteiger partial charge >= 0.3 is 0 Å². The minimum atomic E-state index is -0.171. The summed E-state index contributed by atoms with van der Waals surface area (Å²) >= 11 is 8.97. The maximum atomic E-state index is 12.5. The number of halogens is 1. The molecule has 0 fully saturated rings. The molecule has 0 unspecified atom stereocenters. The fraction of sp³-hybridized carbons (Fsp3) is 0.400. The third-order valence-corrected chi connectivity index (χ3v) is 6.65. The summed E-state index contributed by atoms with van der Waals surface area (Å²) in [5.74, 6) is 0.583. The number of aromatic nitrogens is 3. The first-order valence-electron chi connectivity index (χ1n) is 9.68. The summed E-state index contributed by atoms with van der Waals surface area (Å²) in [6.07, 6.45) is 3.60. The van der Waals surface area contributed by atoms with Crippen LogP contribution in [0.2, 0.25) is 5.02 Å². The average molecular weight is 466 g/mol. The van der Waals surface area contributed by atoms with Crippen molar-refractivity contribution in [2.24, 2.45) is 0 Å². The van der Waals surface area contributed by atoms with Gasteiger partial charge in [-0.2, -0.15) is 4.98 Å². The van der Waals surface area contributed by atoms with Crippen molar-refractivity contribution in [3.63, 3.8) is 0 Å². The smallest absolute Gasteiger partial charge is 0.234 e. The lowest BCUT2D eigenvalue weighted by molar-refractivity contribution is -0.113. The van der Waals surface area contributed by atoms with Crippen molar-refractivity contribution >= 4 is 61.8 Å². The summed E-state index contributed by atoms with van der Waals surface area (Å²) in [6.45, 7) is 6.22. The Morgan fingerprint density at radius 3 is 2.73 bits per heavy atom. The monoisotopic (exact) mass is 465 g/mol. The number of thiazole rings is 1. The van der Waals surface area contributed by atoms with Gasteiger partial charge in [-0.3, -0.25) is 4.79 Å². The van der Waals surface area contributed by atoms with E-state index in [0.717, 1.165) is 40.8 Å². The summed E-state index contributed by atoms with van der Waals surface area (Å²) in [5.41, 5.74) is 1.21. The average Bonchev–Trinajstić information content (AvgIpc) is 3.17. The van der Waals surface area contributed by atoms with Gasteiger partial charge in [-0.25, -0.2) is 9.97 Å². The molecule has 10 heteroatoms. The van der Waals surface area contributed by atoms with E-state index in [1.807, 2.05) is 0 Å². The third kappa shape index (κ3) is 5.53. The van der Waals surface area contributed by atoms with Crippen LogP contribution in [-0.4, -0.2) is 46.8 Å². The molecule has 3 aromatic rings. The molecule has 0 atom stereocenters. The molecule has 0 saturated carbocycles. The Morgan fingerprint density at radius 2 is 2.03 bits per heavy atom. The number of carbonyl (C=O) groups excluding carboxylic acids is 1. The van der Waals surface area contributed by atoms with E-state index in [0.29, 0.717) is 22.1 Å². The van der Waals surface area contributed by atoms with Crippen LogP contribution < -0.4 is 15.0 Å². The van der Waals surface area contributed by atoms with E-state index < -0.39 is 0 Å². The number of methoxy groups -OCH3 is 1. The first-order valence-corrected chi connectivity index (χ1v) is 11.9. The summed E-state index contributed by atoms with van der Waals surface area (Å²) < 4.78 is 6.18. The quantitative estimate of drug-likeness (QED) is 0.329. The number of nitrogens with zero attached hydrogens (tertiary/aromatic N) is 4. The number of thioether (sulfide) groups is 1. The maximum Gasteiger partial charge on any atom is 0.234 e. The van der Waals surface area contributed by atoms with Gasteiger partial charge in [0.05, 0.1) is 18.6 Å². The minimum Gasteiger partial charge on any atom is -0.495 e. The zero-order valence-corrected chi connectivity index (χ0v) is 19.5. The summed E-state index contributed by atoms with van der Waals surface area (Å²) in [5, 5.41) is 5.07. The van der Waals surface area contributed by atoms with E-state index >= 15 is 0 Å². The highest BCUT2D eigenvalue weighted by Crippen LogP contribution is 2.34. The highest BCUT2D eigenvalue weighted by Gasteiger charge is 2.16. The summed E-state index contributed by atoms with van der Waals surface area (Å²) in [6, 6.07) is 5.10. The van der Waals surface area contributed by atoms with Gasteiger partial charge in [0.25, 0.3) is 0 Å². The van der Waals surface area contributed by atoms with Crippen molar-refractivity contribution in [1.29, 1.82) is 0 Å². The fourth-order valence-electron chi connectivity index (χ4n) is 2.90. The van der Waals surface area contributed by atoms with Crippen molar-refractivity contribution in [2.75, 3.05) is 36.2 Å². The number of fused-ring (bicyclic) bond motifs is 1. The Kier molecular flexibility index (Phi) is 8.12. The molecule has 0 radical (unpaired) electrons. The molecule has 0 saturated heterocycles. The van der Waals surface area contributed by atoms with E-state index in [9.17, 15) is 4.79 Å². The Hall–Kier alpha value is -2.10. The molecule has 0 aliphatic rings. The second-order valence-electron chi connectivity index (χ2n) is 6.50. The van der Waals surface area contributed by atoms with Crippen LogP contribution in [0.25, 0.3) is 10.3 Å². The molecule has 1 amide bonds. The molecule has 0 aliphatic carbocycles. The van der Waals surface area contributed by atoms with Crippen LogP contribution >= 0.6 is 34.7 Å². The number of carbonyl (C=O) groups is 1. The number of amides is 1. The van der Waals surface area contributed by atoms with Crippen LogP contribution in [-0.2, 0) is 4.79 Å². The molecule has 7 nitrogen and oxygen atoms in total. The normalized spacial score (nSPS) is 10.9. The Morgan fingerprint density at radius 1 is 1.27 bits per heavy atom. The maximum absolute atomic E-state index is 12.5. The van der Waals surface area contributed by atoms with Crippen molar-refractivity contribution in [3.05, 3.63) is 29.5 Å². The van der Waals surface area contributed by atoms with E-state index in [1.54, 1.807) is 36.6 Å². The molecule has 0 aliphatic heterocycles. The first-order chi connectivity index (χ1) is 14.5. The largest absolute Gasteiger partial charge is 0.495 e. The molecular formula is C20H24ClN5O2S2. The molecular weight excluding hydrogens is 442 g/mol. The topological polar surface area (TPSA) is 80.2 Å². The van der Waals surface area contributed by atoms with Crippen LogP contribution in [0, 0.1) is 0 Å². The number of hydrogen-bond acceptors (Lipinski definition) is 8. The molecule has 0 spiro atoms. The number of ether oxygens (including phenoxy) is 1. The minimum absolute atomic E-state index is 0.171. The molecule has 2 aromatic heterocycles. The van der Waals surface area contributed by atoms with Crippen molar-refractivity contribution in [1.82, 2.24) is 15.0 Å². The van der Waals surface area contributed by atoms with Gasteiger partial charge in [0, 0.05) is 18.1 Å². The van der Waals surface area contributed by atoms with Gasteiger partial charge in [0.15, 0.2) is 10.8 Å². The molecule has 2 heterocycles. The Labute approximate surface area is 189 Å². The molecule has 30 heavy (non-hydrogen) atoms. The lowest BCUT2D eigenvalue weighted by Gasteiger charge is -2.19. The van der Waals surface area contributed by atoms with Crippen LogP contribution in [0.4, 0.5) is 10.8 Å². The zero-order chi connectivity index (χ0) is 21.5. The Bertz CT molecular complexity index is 1010. The number of nitrogens with one attached hydrogen (secondary N) is 1. The van der Waals surface area contributed by atoms with E-state index in [2.05, 4.69) is 39.0 Å². The van der Waals surface area contributed by atoms with Gasteiger partial charge in [0.1, 0.15) is 21.8 Å². The SMILES string of the molecule is CCCN(CCC)c1nc2ncnc(SCC(=O)Nc3cc(Cl)ccc3OC)c2s1. The van der Waals surface area contributed by atoms with Gasteiger partial charge in [0.2, 0.25) is 5.91 Å². The summed E-state index contributed by atoms with van der Waals surface area (Å²) in [4.78, 5) is 28.1.